The molecular formula is C11H7ClN2O. The summed E-state index contributed by atoms with van der Waals surface area (Å²) in [7, 11) is 0. The Morgan fingerprint density at radius 3 is 2.53 bits per heavy atom. The number of nitrogens with zero attached hydrogens (tertiary/aromatic N) is 2. The maximum atomic E-state index is 10.5. The molecule has 0 amide bonds. The van der Waals surface area contributed by atoms with E-state index in [1.165, 1.54) is 0 Å². The lowest BCUT2D eigenvalue weighted by Crippen LogP contribution is -1.92. The van der Waals surface area contributed by atoms with E-state index in [0.717, 1.165) is 5.56 Å². The first-order valence-electron chi connectivity index (χ1n) is 4.34. The van der Waals surface area contributed by atoms with Gasteiger partial charge in [-0.15, -0.1) is 0 Å². The molecule has 0 fully saturated rings. The Labute approximate surface area is 91.8 Å². The third-order valence-electron chi connectivity index (χ3n) is 1.90. The lowest BCUT2D eigenvalue weighted by molar-refractivity contribution is 0.111. The highest BCUT2D eigenvalue weighted by molar-refractivity contribution is 6.30. The van der Waals surface area contributed by atoms with Gasteiger partial charge in [-0.1, -0.05) is 11.6 Å². The maximum absolute atomic E-state index is 10.5. The molecule has 3 nitrogen and oxygen atoms in total. The van der Waals surface area contributed by atoms with E-state index in [9.17, 15) is 4.79 Å². The van der Waals surface area contributed by atoms with Crippen LogP contribution in [0, 0.1) is 0 Å². The average molecular weight is 219 g/mol. The van der Waals surface area contributed by atoms with Crippen LogP contribution in [0.1, 0.15) is 10.5 Å². The van der Waals surface area contributed by atoms with Crippen molar-refractivity contribution >= 4 is 17.9 Å². The molecule has 4 heteroatoms. The zero-order valence-electron chi connectivity index (χ0n) is 7.72. The van der Waals surface area contributed by atoms with Gasteiger partial charge >= 0.3 is 0 Å². The Morgan fingerprint density at radius 2 is 1.87 bits per heavy atom. The number of hydrogen-bond acceptors (Lipinski definition) is 3. The van der Waals surface area contributed by atoms with Gasteiger partial charge in [0.25, 0.3) is 0 Å². The average Bonchev–Trinajstić information content (AvgIpc) is 2.30. The molecule has 2 rings (SSSR count). The van der Waals surface area contributed by atoms with Gasteiger partial charge < -0.3 is 0 Å². The van der Waals surface area contributed by atoms with Crippen molar-refractivity contribution in [3.63, 3.8) is 0 Å². The van der Waals surface area contributed by atoms with Crippen LogP contribution >= 0.6 is 11.6 Å². The van der Waals surface area contributed by atoms with E-state index in [0.29, 0.717) is 22.8 Å². The molecule has 1 heterocycles. The fraction of sp³-hybridized carbons (Fsp3) is 0. The predicted molar refractivity (Wildman–Crippen MR) is 57.9 cm³/mol. The van der Waals surface area contributed by atoms with E-state index in [2.05, 4.69) is 9.97 Å². The molecule has 0 saturated heterocycles. The van der Waals surface area contributed by atoms with Crippen molar-refractivity contribution in [3.05, 3.63) is 47.2 Å². The van der Waals surface area contributed by atoms with Crippen molar-refractivity contribution < 1.29 is 4.79 Å². The van der Waals surface area contributed by atoms with Crippen LogP contribution < -0.4 is 0 Å². The van der Waals surface area contributed by atoms with Crippen molar-refractivity contribution in [2.75, 3.05) is 0 Å². The van der Waals surface area contributed by atoms with Gasteiger partial charge in [0.15, 0.2) is 12.1 Å². The second kappa shape index (κ2) is 4.19. The van der Waals surface area contributed by atoms with E-state index in [4.69, 9.17) is 11.6 Å². The molecule has 0 aliphatic carbocycles. The Morgan fingerprint density at radius 1 is 1.13 bits per heavy atom. The highest BCUT2D eigenvalue weighted by atomic mass is 35.5. The number of carbonyl (C=O) groups is 1. The number of carbonyl (C=O) groups excluding carboxylic acids is 1. The predicted octanol–water partition coefficient (Wildman–Crippen LogP) is 2.61. The molecule has 0 N–H and O–H groups in total. The first-order chi connectivity index (χ1) is 7.29. The summed E-state index contributed by atoms with van der Waals surface area (Å²) in [5, 5.41) is 0.658. The van der Waals surface area contributed by atoms with Crippen molar-refractivity contribution in [2.45, 2.75) is 0 Å². The van der Waals surface area contributed by atoms with Crippen LogP contribution in [0.4, 0.5) is 0 Å². The van der Waals surface area contributed by atoms with Crippen LogP contribution in [0.2, 0.25) is 5.02 Å². The van der Waals surface area contributed by atoms with Crippen LogP contribution in [-0.2, 0) is 0 Å². The number of aromatic nitrogens is 2. The van der Waals surface area contributed by atoms with Crippen LogP contribution in [0.5, 0.6) is 0 Å². The SMILES string of the molecule is O=Cc1ccnc(-c2ccc(Cl)cc2)n1. The molecule has 0 atom stereocenters. The zero-order chi connectivity index (χ0) is 10.7. The Kier molecular flexibility index (Phi) is 2.74. The summed E-state index contributed by atoms with van der Waals surface area (Å²) in [6, 6.07) is 8.70. The molecule has 0 spiro atoms. The second-order valence-corrected chi connectivity index (χ2v) is 3.37. The summed E-state index contributed by atoms with van der Waals surface area (Å²) < 4.78 is 0. The monoisotopic (exact) mass is 218 g/mol. The fourth-order valence-electron chi connectivity index (χ4n) is 1.18. The molecule has 0 unspecified atom stereocenters. The Hall–Kier alpha value is -1.74. The topological polar surface area (TPSA) is 42.9 Å². The number of aldehydes is 1. The molecule has 2 aromatic rings. The summed E-state index contributed by atoms with van der Waals surface area (Å²) in [6.07, 6.45) is 2.25. The minimum Gasteiger partial charge on any atom is -0.296 e. The molecule has 0 aliphatic rings. The molecule has 0 bridgehead atoms. The quantitative estimate of drug-likeness (QED) is 0.728. The van der Waals surface area contributed by atoms with Crippen molar-refractivity contribution in [3.8, 4) is 11.4 Å². The second-order valence-electron chi connectivity index (χ2n) is 2.93. The number of rotatable bonds is 2. The standard InChI is InChI=1S/C11H7ClN2O/c12-9-3-1-8(2-4-9)11-13-6-5-10(7-15)14-11/h1-7H. The lowest BCUT2D eigenvalue weighted by atomic mass is 10.2. The van der Waals surface area contributed by atoms with E-state index < -0.39 is 0 Å². The molecule has 74 valence electrons. The van der Waals surface area contributed by atoms with E-state index in [-0.39, 0.29) is 0 Å². The number of halogens is 1. The first-order valence-corrected chi connectivity index (χ1v) is 4.71. The zero-order valence-corrected chi connectivity index (χ0v) is 8.48. The largest absolute Gasteiger partial charge is 0.296 e. The highest BCUT2D eigenvalue weighted by Crippen LogP contribution is 2.17. The third-order valence-corrected chi connectivity index (χ3v) is 2.15. The fourth-order valence-corrected chi connectivity index (χ4v) is 1.30. The third kappa shape index (κ3) is 2.19. The normalized spacial score (nSPS) is 9.93. The van der Waals surface area contributed by atoms with E-state index in [1.807, 2.05) is 12.1 Å². The summed E-state index contributed by atoms with van der Waals surface area (Å²) in [6.45, 7) is 0. The maximum Gasteiger partial charge on any atom is 0.168 e. The number of benzene rings is 1. The summed E-state index contributed by atoms with van der Waals surface area (Å²) in [5.74, 6) is 0.524. The summed E-state index contributed by atoms with van der Waals surface area (Å²) >= 11 is 5.76. The van der Waals surface area contributed by atoms with Gasteiger partial charge in [-0.3, -0.25) is 4.79 Å². The van der Waals surface area contributed by atoms with E-state index >= 15 is 0 Å². The Bertz CT molecular complexity index is 482. The van der Waals surface area contributed by atoms with Gasteiger partial charge in [0.2, 0.25) is 0 Å². The van der Waals surface area contributed by atoms with E-state index in [1.54, 1.807) is 24.4 Å². The molecule has 1 aromatic carbocycles. The van der Waals surface area contributed by atoms with Gasteiger partial charge in [0, 0.05) is 16.8 Å². The van der Waals surface area contributed by atoms with Gasteiger partial charge in [-0.05, 0) is 30.3 Å². The summed E-state index contributed by atoms with van der Waals surface area (Å²) in [5.41, 5.74) is 1.21. The molecule has 0 aliphatic heterocycles. The molecular weight excluding hydrogens is 212 g/mol. The molecule has 0 radical (unpaired) electrons. The van der Waals surface area contributed by atoms with Crippen molar-refractivity contribution in [1.82, 2.24) is 9.97 Å². The molecule has 15 heavy (non-hydrogen) atoms. The number of hydrogen-bond donors (Lipinski definition) is 0. The first kappa shape index (κ1) is 9.80. The minimum atomic E-state index is 0.370. The minimum absolute atomic E-state index is 0.370. The van der Waals surface area contributed by atoms with Crippen LogP contribution in [0.25, 0.3) is 11.4 Å². The van der Waals surface area contributed by atoms with Crippen molar-refractivity contribution in [1.29, 1.82) is 0 Å². The molecule has 0 saturated carbocycles. The molecule has 1 aromatic heterocycles. The Balaban J connectivity index is 2.44. The van der Waals surface area contributed by atoms with Crippen LogP contribution in [-0.4, -0.2) is 16.3 Å². The lowest BCUT2D eigenvalue weighted by Gasteiger charge is -1.99. The van der Waals surface area contributed by atoms with Gasteiger partial charge in [0.1, 0.15) is 5.69 Å². The summed E-state index contributed by atoms with van der Waals surface area (Å²) in [4.78, 5) is 18.7. The van der Waals surface area contributed by atoms with Gasteiger partial charge in [0.05, 0.1) is 0 Å². The smallest absolute Gasteiger partial charge is 0.168 e. The van der Waals surface area contributed by atoms with Gasteiger partial charge in [-0.2, -0.15) is 0 Å². The van der Waals surface area contributed by atoms with Gasteiger partial charge in [-0.25, -0.2) is 9.97 Å². The van der Waals surface area contributed by atoms with Crippen molar-refractivity contribution in [2.24, 2.45) is 0 Å². The van der Waals surface area contributed by atoms with Crippen LogP contribution in [0.15, 0.2) is 36.5 Å². The van der Waals surface area contributed by atoms with Crippen LogP contribution in [0.3, 0.4) is 0 Å². The highest BCUT2D eigenvalue weighted by Gasteiger charge is 2.01.